The maximum Gasteiger partial charge on any atom is 0.139 e. The summed E-state index contributed by atoms with van der Waals surface area (Å²) in [6.45, 7) is 0. The fraction of sp³-hybridized carbons (Fsp3) is 0.120. The van der Waals surface area contributed by atoms with Gasteiger partial charge in [-0.05, 0) is 64.7 Å². The Hall–Kier alpha value is -3.86. The summed E-state index contributed by atoms with van der Waals surface area (Å²) >= 11 is 0. The van der Waals surface area contributed by atoms with Crippen LogP contribution in [0.3, 0.4) is 0 Å². The van der Waals surface area contributed by atoms with Crippen molar-refractivity contribution in [3.05, 3.63) is 76.9 Å². The molecule has 0 atom stereocenters. The topological polar surface area (TPSA) is 76.0 Å². The maximum atomic E-state index is 10.1. The second-order valence-electron chi connectivity index (χ2n) is 7.19. The summed E-state index contributed by atoms with van der Waals surface area (Å²) in [7, 11) is 5.51. The summed E-state index contributed by atoms with van der Waals surface area (Å²) in [5, 5.41) is 33.1. The highest BCUT2D eigenvalue weighted by Gasteiger charge is 2.03. The summed E-state index contributed by atoms with van der Waals surface area (Å²) in [6, 6.07) is 16.2. The quantitative estimate of drug-likeness (QED) is 0.335. The SMILES string of the molecule is CNc1ccc(/C=C/c2cc(O)cc(/C=C/c3ccc(N(C)C)c(O)c3)c2)cc1O. The molecule has 3 aromatic carbocycles. The van der Waals surface area contributed by atoms with Crippen LogP contribution in [0.2, 0.25) is 0 Å². The number of nitrogens with one attached hydrogen (secondary N) is 1. The lowest BCUT2D eigenvalue weighted by atomic mass is 10.1. The summed E-state index contributed by atoms with van der Waals surface area (Å²) in [5.74, 6) is 0.563. The van der Waals surface area contributed by atoms with Crippen LogP contribution in [0.25, 0.3) is 24.3 Å². The van der Waals surface area contributed by atoms with E-state index in [1.165, 1.54) is 0 Å². The highest BCUT2D eigenvalue weighted by atomic mass is 16.3. The Morgan fingerprint density at radius 3 is 1.70 bits per heavy atom. The molecule has 0 saturated heterocycles. The Kier molecular flexibility index (Phi) is 6.32. The molecule has 5 heteroatoms. The van der Waals surface area contributed by atoms with Gasteiger partial charge in [0, 0.05) is 21.1 Å². The molecule has 5 nitrogen and oxygen atoms in total. The van der Waals surface area contributed by atoms with Crippen molar-refractivity contribution in [2.75, 3.05) is 31.4 Å². The van der Waals surface area contributed by atoms with Crippen LogP contribution in [-0.2, 0) is 0 Å². The fourth-order valence-corrected chi connectivity index (χ4v) is 3.12. The van der Waals surface area contributed by atoms with Crippen LogP contribution in [0.5, 0.6) is 17.2 Å². The molecule has 3 rings (SSSR count). The van der Waals surface area contributed by atoms with E-state index in [-0.39, 0.29) is 17.2 Å². The molecule has 0 heterocycles. The molecule has 3 aromatic rings. The number of phenols is 3. The third-order valence-corrected chi connectivity index (χ3v) is 4.67. The standard InChI is InChI=1S/C25H26N2O3/c1-26-22-10-8-17(15-24(22)29)4-6-19-12-20(14-21(28)13-19)7-5-18-9-11-23(27(2)3)25(30)16-18/h4-16,26,28-30H,1-3H3/b6-4+,7-5+. The monoisotopic (exact) mass is 402 g/mol. The zero-order valence-corrected chi connectivity index (χ0v) is 17.3. The van der Waals surface area contributed by atoms with E-state index in [1.807, 2.05) is 73.6 Å². The van der Waals surface area contributed by atoms with E-state index in [4.69, 9.17) is 0 Å². The van der Waals surface area contributed by atoms with Crippen molar-refractivity contribution in [3.8, 4) is 17.2 Å². The van der Waals surface area contributed by atoms with E-state index in [9.17, 15) is 15.3 Å². The molecule has 0 aliphatic rings. The van der Waals surface area contributed by atoms with Gasteiger partial charge in [0.15, 0.2) is 0 Å². The van der Waals surface area contributed by atoms with Crippen LogP contribution in [-0.4, -0.2) is 36.5 Å². The molecular formula is C25H26N2O3. The van der Waals surface area contributed by atoms with Gasteiger partial charge in [0.2, 0.25) is 0 Å². The first-order valence-corrected chi connectivity index (χ1v) is 9.57. The van der Waals surface area contributed by atoms with Gasteiger partial charge in [0.05, 0.1) is 11.4 Å². The minimum absolute atomic E-state index is 0.163. The summed E-state index contributed by atoms with van der Waals surface area (Å²) in [4.78, 5) is 1.85. The van der Waals surface area contributed by atoms with Gasteiger partial charge in [0.1, 0.15) is 17.2 Å². The number of rotatable bonds is 6. The molecule has 0 bridgehead atoms. The number of hydrogen-bond acceptors (Lipinski definition) is 5. The minimum Gasteiger partial charge on any atom is -0.508 e. The summed E-state index contributed by atoms with van der Waals surface area (Å²) < 4.78 is 0. The van der Waals surface area contributed by atoms with E-state index in [2.05, 4.69) is 5.32 Å². The van der Waals surface area contributed by atoms with Gasteiger partial charge in [-0.25, -0.2) is 0 Å². The van der Waals surface area contributed by atoms with Crippen LogP contribution < -0.4 is 10.2 Å². The Labute approximate surface area is 176 Å². The normalized spacial score (nSPS) is 11.3. The van der Waals surface area contributed by atoms with Gasteiger partial charge in [-0.2, -0.15) is 0 Å². The third-order valence-electron chi connectivity index (χ3n) is 4.67. The van der Waals surface area contributed by atoms with Gasteiger partial charge in [0.25, 0.3) is 0 Å². The van der Waals surface area contributed by atoms with Crippen molar-refractivity contribution >= 4 is 35.7 Å². The predicted molar refractivity (Wildman–Crippen MR) is 126 cm³/mol. The van der Waals surface area contributed by atoms with Crippen LogP contribution in [0.4, 0.5) is 11.4 Å². The van der Waals surface area contributed by atoms with Crippen LogP contribution >= 0.6 is 0 Å². The molecule has 0 aromatic heterocycles. The van der Waals surface area contributed by atoms with Gasteiger partial charge >= 0.3 is 0 Å². The predicted octanol–water partition coefficient (Wildman–Crippen LogP) is 5.25. The number of aromatic hydroxyl groups is 3. The first-order valence-electron chi connectivity index (χ1n) is 9.57. The molecular weight excluding hydrogens is 376 g/mol. The van der Waals surface area contributed by atoms with Crippen molar-refractivity contribution in [3.63, 3.8) is 0 Å². The number of hydrogen-bond donors (Lipinski definition) is 4. The van der Waals surface area contributed by atoms with Gasteiger partial charge in [-0.1, -0.05) is 36.4 Å². The number of phenolic OH excluding ortho intramolecular Hbond substituents is 3. The highest BCUT2D eigenvalue weighted by Crippen LogP contribution is 2.28. The summed E-state index contributed by atoms with van der Waals surface area (Å²) in [6.07, 6.45) is 7.52. The molecule has 0 unspecified atom stereocenters. The smallest absolute Gasteiger partial charge is 0.139 e. The lowest BCUT2D eigenvalue weighted by Crippen LogP contribution is -2.08. The second kappa shape index (κ2) is 9.09. The lowest BCUT2D eigenvalue weighted by Gasteiger charge is -2.14. The molecule has 0 fully saturated rings. The zero-order valence-electron chi connectivity index (χ0n) is 17.3. The van der Waals surface area contributed by atoms with Crippen molar-refractivity contribution in [2.24, 2.45) is 0 Å². The fourth-order valence-electron chi connectivity index (χ4n) is 3.12. The molecule has 0 radical (unpaired) electrons. The van der Waals surface area contributed by atoms with Crippen molar-refractivity contribution in [1.29, 1.82) is 0 Å². The molecule has 0 amide bonds. The van der Waals surface area contributed by atoms with Gasteiger partial charge < -0.3 is 25.5 Å². The third kappa shape index (κ3) is 5.14. The maximum absolute atomic E-state index is 10.1. The Bertz CT molecular complexity index is 1100. The first kappa shape index (κ1) is 20.9. The number of benzene rings is 3. The van der Waals surface area contributed by atoms with Crippen LogP contribution in [0.1, 0.15) is 22.3 Å². The molecule has 0 aliphatic carbocycles. The Morgan fingerprint density at radius 1 is 0.667 bits per heavy atom. The van der Waals surface area contributed by atoms with Crippen molar-refractivity contribution in [1.82, 2.24) is 0 Å². The molecule has 30 heavy (non-hydrogen) atoms. The highest BCUT2D eigenvalue weighted by molar-refractivity contribution is 5.77. The van der Waals surface area contributed by atoms with Crippen LogP contribution in [0, 0.1) is 0 Å². The van der Waals surface area contributed by atoms with Gasteiger partial charge in [-0.3, -0.25) is 0 Å². The molecule has 0 spiro atoms. The zero-order chi connectivity index (χ0) is 21.7. The van der Waals surface area contributed by atoms with Crippen molar-refractivity contribution in [2.45, 2.75) is 0 Å². The minimum atomic E-state index is 0.163. The van der Waals surface area contributed by atoms with E-state index >= 15 is 0 Å². The number of anilines is 2. The largest absolute Gasteiger partial charge is 0.508 e. The Morgan fingerprint density at radius 2 is 1.20 bits per heavy atom. The van der Waals surface area contributed by atoms with Crippen molar-refractivity contribution < 1.29 is 15.3 Å². The molecule has 0 saturated carbocycles. The molecule has 4 N–H and O–H groups in total. The summed E-state index contributed by atoms with van der Waals surface area (Å²) in [5.41, 5.74) is 4.80. The van der Waals surface area contributed by atoms with E-state index in [0.717, 1.165) is 27.9 Å². The average molecular weight is 402 g/mol. The Balaban J connectivity index is 1.80. The first-order chi connectivity index (χ1) is 14.4. The lowest BCUT2D eigenvalue weighted by molar-refractivity contribution is 0.474. The van der Waals surface area contributed by atoms with E-state index in [1.54, 1.807) is 31.3 Å². The number of nitrogens with zero attached hydrogens (tertiary/aromatic N) is 1. The second-order valence-corrected chi connectivity index (χ2v) is 7.19. The van der Waals surface area contributed by atoms with E-state index in [0.29, 0.717) is 5.69 Å². The molecule has 154 valence electrons. The van der Waals surface area contributed by atoms with Gasteiger partial charge in [-0.15, -0.1) is 0 Å². The van der Waals surface area contributed by atoms with Crippen LogP contribution in [0.15, 0.2) is 54.6 Å². The van der Waals surface area contributed by atoms with E-state index < -0.39 is 0 Å². The average Bonchev–Trinajstić information content (AvgIpc) is 2.70. The molecule has 0 aliphatic heterocycles.